The van der Waals surface area contributed by atoms with Crippen molar-refractivity contribution in [3.63, 3.8) is 0 Å². The van der Waals surface area contributed by atoms with Crippen LogP contribution in [-0.2, 0) is 4.79 Å². The number of rotatable bonds is 7. The van der Waals surface area contributed by atoms with Crippen molar-refractivity contribution in [1.82, 2.24) is 4.90 Å². The Kier molecular flexibility index (Phi) is 5.46. The van der Waals surface area contributed by atoms with E-state index in [1.165, 1.54) is 36.8 Å². The molecule has 1 rings (SSSR count). The van der Waals surface area contributed by atoms with E-state index in [2.05, 4.69) is 13.5 Å². The summed E-state index contributed by atoms with van der Waals surface area (Å²) in [5.74, 6) is 0.306. The number of carbonyl (C=O) groups is 1. The molecular weight excluding hydrogens is 210 g/mol. The number of nitrogens with zero attached hydrogens (tertiary/aromatic N) is 1. The van der Waals surface area contributed by atoms with Crippen LogP contribution in [0.2, 0.25) is 0 Å². The van der Waals surface area contributed by atoms with Crippen LogP contribution in [0.1, 0.15) is 45.4 Å². The van der Waals surface area contributed by atoms with Crippen molar-refractivity contribution in [3.05, 3.63) is 23.8 Å². The predicted molar refractivity (Wildman–Crippen MR) is 72.8 cm³/mol. The summed E-state index contributed by atoms with van der Waals surface area (Å²) < 4.78 is 0. The largest absolute Gasteiger partial charge is 0.348 e. The van der Waals surface area contributed by atoms with Crippen LogP contribution in [0.25, 0.3) is 0 Å². The van der Waals surface area contributed by atoms with Gasteiger partial charge < -0.3 is 4.90 Å². The second-order valence-corrected chi connectivity index (χ2v) is 5.06. The first-order valence-corrected chi connectivity index (χ1v) is 6.67. The van der Waals surface area contributed by atoms with Gasteiger partial charge in [-0.3, -0.25) is 4.79 Å². The van der Waals surface area contributed by atoms with Crippen molar-refractivity contribution in [2.24, 2.45) is 5.92 Å². The van der Waals surface area contributed by atoms with E-state index in [0.717, 1.165) is 12.8 Å². The summed E-state index contributed by atoms with van der Waals surface area (Å²) in [6.07, 6.45) is 9.12. The Morgan fingerprint density at radius 2 is 2.12 bits per heavy atom. The van der Waals surface area contributed by atoms with Gasteiger partial charge in [0.2, 0.25) is 5.91 Å². The lowest BCUT2D eigenvalue weighted by molar-refractivity contribution is -0.132. The average Bonchev–Trinajstić information content (AvgIpc) is 2.27. The molecule has 2 nitrogen and oxygen atoms in total. The highest BCUT2D eigenvalue weighted by Gasteiger charge is 2.33. The third-order valence-electron chi connectivity index (χ3n) is 3.53. The maximum Gasteiger partial charge on any atom is 0.229 e. The van der Waals surface area contributed by atoms with Gasteiger partial charge in [-0.2, -0.15) is 0 Å². The Morgan fingerprint density at radius 1 is 1.41 bits per heavy atom. The molecule has 0 saturated carbocycles. The maximum atomic E-state index is 11.9. The van der Waals surface area contributed by atoms with Gasteiger partial charge in [-0.05, 0) is 24.8 Å². The molecule has 0 aliphatic heterocycles. The molecule has 0 spiro atoms. The Morgan fingerprint density at radius 3 is 2.65 bits per heavy atom. The zero-order chi connectivity index (χ0) is 12.8. The molecule has 0 unspecified atom stereocenters. The maximum absolute atomic E-state index is 11.9. The topological polar surface area (TPSA) is 20.3 Å². The lowest BCUT2D eigenvalue weighted by Gasteiger charge is -2.33. The predicted octanol–water partition coefficient (Wildman–Crippen LogP) is 3.55. The van der Waals surface area contributed by atoms with E-state index in [0.29, 0.717) is 0 Å². The first kappa shape index (κ1) is 14.0. The van der Waals surface area contributed by atoms with Crippen LogP contribution in [-0.4, -0.2) is 24.9 Å². The molecule has 0 aromatic carbocycles. The standard InChI is InChI=1S/C15H25NO/c1-5-7-8-9-10-12-11-14(13(12)6-2)15(17)16(3)4/h6,14H,2,5,7-11H2,1,3-4H3/t14-/m1/s1. The fraction of sp³-hybridized carbons (Fsp3) is 0.667. The normalized spacial score (nSPS) is 18.9. The summed E-state index contributed by atoms with van der Waals surface area (Å²) in [6, 6.07) is 0. The highest BCUT2D eigenvalue weighted by Crippen LogP contribution is 2.39. The fourth-order valence-corrected chi connectivity index (χ4v) is 2.42. The minimum atomic E-state index is 0.0867. The van der Waals surface area contributed by atoms with Crippen LogP contribution in [0, 0.1) is 5.92 Å². The van der Waals surface area contributed by atoms with Crippen LogP contribution in [0.3, 0.4) is 0 Å². The molecule has 0 aromatic heterocycles. The summed E-state index contributed by atoms with van der Waals surface area (Å²) in [5, 5.41) is 0. The van der Waals surface area contributed by atoms with Crippen LogP contribution in [0.15, 0.2) is 23.8 Å². The van der Waals surface area contributed by atoms with Crippen molar-refractivity contribution < 1.29 is 4.79 Å². The first-order chi connectivity index (χ1) is 8.11. The Labute approximate surface area is 105 Å². The van der Waals surface area contributed by atoms with Crippen molar-refractivity contribution in [3.8, 4) is 0 Å². The molecular formula is C15H25NO. The van der Waals surface area contributed by atoms with Gasteiger partial charge >= 0.3 is 0 Å². The second kappa shape index (κ2) is 6.63. The molecule has 0 bridgehead atoms. The summed E-state index contributed by atoms with van der Waals surface area (Å²) in [4.78, 5) is 13.5. The molecule has 0 aromatic rings. The Hall–Kier alpha value is -1.05. The third kappa shape index (κ3) is 3.45. The molecule has 17 heavy (non-hydrogen) atoms. The molecule has 1 aliphatic carbocycles. The fourth-order valence-electron chi connectivity index (χ4n) is 2.42. The summed E-state index contributed by atoms with van der Waals surface area (Å²) >= 11 is 0. The summed E-state index contributed by atoms with van der Waals surface area (Å²) in [6.45, 7) is 6.07. The highest BCUT2D eigenvalue weighted by molar-refractivity contribution is 5.84. The van der Waals surface area contributed by atoms with Gasteiger partial charge in [0.1, 0.15) is 0 Å². The van der Waals surface area contributed by atoms with Crippen molar-refractivity contribution >= 4 is 5.91 Å². The van der Waals surface area contributed by atoms with E-state index in [1.807, 2.05) is 20.2 Å². The van der Waals surface area contributed by atoms with Crippen LogP contribution >= 0.6 is 0 Å². The molecule has 0 saturated heterocycles. The number of unbranched alkanes of at least 4 members (excludes halogenated alkanes) is 3. The molecule has 0 fully saturated rings. The number of allylic oxidation sites excluding steroid dienone is 2. The van der Waals surface area contributed by atoms with Gasteiger partial charge in [0.05, 0.1) is 5.92 Å². The number of carbonyl (C=O) groups excluding carboxylic acids is 1. The van der Waals surface area contributed by atoms with Crippen LogP contribution in [0.4, 0.5) is 0 Å². The number of hydrogen-bond donors (Lipinski definition) is 0. The van der Waals surface area contributed by atoms with Crippen molar-refractivity contribution in [2.45, 2.75) is 45.4 Å². The molecule has 1 atom stereocenters. The van der Waals surface area contributed by atoms with Gasteiger partial charge in [0.15, 0.2) is 0 Å². The molecule has 1 amide bonds. The van der Waals surface area contributed by atoms with Gasteiger partial charge in [-0.25, -0.2) is 0 Å². The van der Waals surface area contributed by atoms with E-state index in [-0.39, 0.29) is 11.8 Å². The van der Waals surface area contributed by atoms with Gasteiger partial charge in [0, 0.05) is 14.1 Å². The molecule has 2 heteroatoms. The Balaban J connectivity index is 2.48. The van der Waals surface area contributed by atoms with E-state index >= 15 is 0 Å². The zero-order valence-corrected chi connectivity index (χ0v) is 11.5. The zero-order valence-electron chi connectivity index (χ0n) is 11.5. The first-order valence-electron chi connectivity index (χ1n) is 6.67. The minimum Gasteiger partial charge on any atom is -0.348 e. The van der Waals surface area contributed by atoms with Crippen molar-refractivity contribution in [1.29, 1.82) is 0 Å². The van der Waals surface area contributed by atoms with Gasteiger partial charge in [-0.15, -0.1) is 0 Å². The lowest BCUT2D eigenvalue weighted by atomic mass is 9.74. The lowest BCUT2D eigenvalue weighted by Crippen LogP contribution is -2.35. The van der Waals surface area contributed by atoms with Crippen molar-refractivity contribution in [2.75, 3.05) is 14.1 Å². The SMILES string of the molecule is C=CC1=C(CCCCCC)C[C@H]1C(=O)N(C)C. The highest BCUT2D eigenvalue weighted by atomic mass is 16.2. The quantitative estimate of drug-likeness (QED) is 0.618. The molecule has 96 valence electrons. The summed E-state index contributed by atoms with van der Waals surface area (Å²) in [7, 11) is 3.64. The van der Waals surface area contributed by atoms with E-state index < -0.39 is 0 Å². The average molecular weight is 235 g/mol. The molecule has 1 aliphatic rings. The molecule has 0 heterocycles. The van der Waals surface area contributed by atoms with E-state index in [9.17, 15) is 4.79 Å². The molecule has 0 radical (unpaired) electrons. The smallest absolute Gasteiger partial charge is 0.229 e. The van der Waals surface area contributed by atoms with Crippen LogP contribution < -0.4 is 0 Å². The van der Waals surface area contributed by atoms with E-state index in [1.54, 1.807) is 4.90 Å². The number of hydrogen-bond acceptors (Lipinski definition) is 1. The van der Waals surface area contributed by atoms with Gasteiger partial charge in [0.25, 0.3) is 0 Å². The summed E-state index contributed by atoms with van der Waals surface area (Å²) in [5.41, 5.74) is 2.65. The Bertz CT molecular complexity index is 315. The molecule has 0 N–H and O–H groups in total. The van der Waals surface area contributed by atoms with E-state index in [4.69, 9.17) is 0 Å². The number of amides is 1. The second-order valence-electron chi connectivity index (χ2n) is 5.06. The minimum absolute atomic E-state index is 0.0867. The third-order valence-corrected chi connectivity index (χ3v) is 3.53. The van der Waals surface area contributed by atoms with Crippen LogP contribution in [0.5, 0.6) is 0 Å². The van der Waals surface area contributed by atoms with Gasteiger partial charge in [-0.1, -0.05) is 44.4 Å². The monoisotopic (exact) mass is 235 g/mol.